The highest BCUT2D eigenvalue weighted by molar-refractivity contribution is 5.68. The number of aromatic amines is 1. The van der Waals surface area contributed by atoms with Crippen molar-refractivity contribution in [3.63, 3.8) is 0 Å². The molecule has 0 saturated carbocycles. The molecule has 4 N–H and O–H groups in total. The fourth-order valence-corrected chi connectivity index (χ4v) is 2.70. The lowest BCUT2D eigenvalue weighted by Gasteiger charge is -2.27. The molecule has 0 fully saturated rings. The van der Waals surface area contributed by atoms with Crippen molar-refractivity contribution in [2.75, 3.05) is 6.54 Å². The highest BCUT2D eigenvalue weighted by Gasteiger charge is 2.25. The first-order valence-electron chi connectivity index (χ1n) is 9.08. The number of alkyl carbamates (subject to hydrolysis) is 1. The van der Waals surface area contributed by atoms with Gasteiger partial charge in [0, 0.05) is 31.0 Å². The van der Waals surface area contributed by atoms with Crippen LogP contribution in [-0.4, -0.2) is 40.5 Å². The molecule has 0 spiro atoms. The lowest BCUT2D eigenvalue weighted by atomic mass is 10.0. The number of nitrogens with one attached hydrogen (secondary N) is 3. The topological polar surface area (TPSA) is 86.4 Å². The van der Waals surface area contributed by atoms with Gasteiger partial charge in [0.2, 0.25) is 0 Å². The van der Waals surface area contributed by atoms with Gasteiger partial charge in [-0.1, -0.05) is 0 Å². The third kappa shape index (κ3) is 7.66. The largest absolute Gasteiger partial charge is 0.444 e. The fraction of sp³-hybridized carbons (Fsp3) is 0.450. The van der Waals surface area contributed by atoms with Gasteiger partial charge in [-0.3, -0.25) is 0 Å². The molecule has 28 heavy (non-hydrogen) atoms. The molecule has 8 heteroatoms. The molecule has 0 aliphatic carbocycles. The van der Waals surface area contributed by atoms with Crippen molar-refractivity contribution < 1.29 is 23.4 Å². The minimum Gasteiger partial charge on any atom is -0.444 e. The number of benzene rings is 1. The van der Waals surface area contributed by atoms with Gasteiger partial charge in [-0.2, -0.15) is 0 Å². The van der Waals surface area contributed by atoms with Crippen LogP contribution in [0, 0.1) is 11.6 Å². The molecule has 1 amide bonds. The minimum absolute atomic E-state index is 0.0409. The number of amides is 1. The lowest BCUT2D eigenvalue weighted by Crippen LogP contribution is -2.49. The van der Waals surface area contributed by atoms with Crippen molar-refractivity contribution in [2.24, 2.45) is 0 Å². The summed E-state index contributed by atoms with van der Waals surface area (Å²) in [6, 6.07) is 6.07. The van der Waals surface area contributed by atoms with Crippen LogP contribution in [0.2, 0.25) is 0 Å². The summed E-state index contributed by atoms with van der Waals surface area (Å²) in [5.41, 5.74) is 0.550. The van der Waals surface area contributed by atoms with E-state index in [1.807, 2.05) is 12.1 Å². The van der Waals surface area contributed by atoms with Gasteiger partial charge in [0.1, 0.15) is 17.2 Å². The van der Waals surface area contributed by atoms with E-state index >= 15 is 0 Å². The van der Waals surface area contributed by atoms with Gasteiger partial charge >= 0.3 is 6.09 Å². The summed E-state index contributed by atoms with van der Waals surface area (Å²) in [6.45, 7) is 5.82. The Hall–Kier alpha value is -2.45. The average molecular weight is 395 g/mol. The van der Waals surface area contributed by atoms with Gasteiger partial charge in [0.05, 0.1) is 12.1 Å². The van der Waals surface area contributed by atoms with Gasteiger partial charge in [0.15, 0.2) is 0 Å². The zero-order chi connectivity index (χ0) is 20.7. The van der Waals surface area contributed by atoms with Gasteiger partial charge in [-0.25, -0.2) is 13.6 Å². The summed E-state index contributed by atoms with van der Waals surface area (Å²) in [5, 5.41) is 16.2. The average Bonchev–Trinajstić information content (AvgIpc) is 3.04. The molecule has 2 aromatic rings. The van der Waals surface area contributed by atoms with Crippen LogP contribution in [0.15, 0.2) is 36.5 Å². The molecule has 0 aliphatic rings. The first-order chi connectivity index (χ1) is 13.1. The zero-order valence-corrected chi connectivity index (χ0v) is 16.3. The molecule has 2 atom stereocenters. The second-order valence-electron chi connectivity index (χ2n) is 7.63. The van der Waals surface area contributed by atoms with Crippen molar-refractivity contribution in [2.45, 2.75) is 51.5 Å². The number of carbonyl (C=O) groups is 1. The Balaban J connectivity index is 2.04. The van der Waals surface area contributed by atoms with Crippen LogP contribution in [0.1, 0.15) is 32.0 Å². The maximum absolute atomic E-state index is 13.5. The molecule has 0 saturated heterocycles. The molecule has 0 aliphatic heterocycles. The van der Waals surface area contributed by atoms with Crippen molar-refractivity contribution in [1.29, 1.82) is 0 Å². The number of aliphatic hydroxyl groups is 1. The lowest BCUT2D eigenvalue weighted by molar-refractivity contribution is 0.0422. The summed E-state index contributed by atoms with van der Waals surface area (Å²) in [5.74, 6) is -1.43. The number of ether oxygens (including phenoxy) is 1. The Bertz CT molecular complexity index is 740. The number of hydrogen-bond donors (Lipinski definition) is 4. The summed E-state index contributed by atoms with van der Waals surface area (Å²) in [4.78, 5) is 15.2. The molecule has 1 aromatic carbocycles. The number of hydrogen-bond acceptors (Lipinski definition) is 4. The number of rotatable bonds is 8. The number of H-pyrrole nitrogens is 1. The smallest absolute Gasteiger partial charge is 0.407 e. The first kappa shape index (κ1) is 21.8. The van der Waals surface area contributed by atoms with Crippen LogP contribution in [0.5, 0.6) is 0 Å². The quantitative estimate of drug-likeness (QED) is 0.554. The third-order valence-corrected chi connectivity index (χ3v) is 3.88. The van der Waals surface area contributed by atoms with E-state index in [2.05, 4.69) is 15.6 Å². The second kappa shape index (κ2) is 9.66. The van der Waals surface area contributed by atoms with Crippen molar-refractivity contribution in [1.82, 2.24) is 15.6 Å². The summed E-state index contributed by atoms with van der Waals surface area (Å²) >= 11 is 0. The second-order valence-corrected chi connectivity index (χ2v) is 7.63. The fourth-order valence-electron chi connectivity index (χ4n) is 2.70. The normalized spacial score (nSPS) is 13.8. The van der Waals surface area contributed by atoms with Gasteiger partial charge < -0.3 is 25.5 Å². The van der Waals surface area contributed by atoms with Crippen LogP contribution in [0.25, 0.3) is 0 Å². The molecule has 154 valence electrons. The van der Waals surface area contributed by atoms with E-state index in [1.54, 1.807) is 27.0 Å². The van der Waals surface area contributed by atoms with E-state index < -0.39 is 35.5 Å². The third-order valence-electron chi connectivity index (χ3n) is 3.88. The maximum atomic E-state index is 13.5. The van der Waals surface area contributed by atoms with Crippen LogP contribution in [0.3, 0.4) is 0 Å². The van der Waals surface area contributed by atoms with Crippen LogP contribution in [0.4, 0.5) is 13.6 Å². The predicted molar refractivity (Wildman–Crippen MR) is 102 cm³/mol. The van der Waals surface area contributed by atoms with Gasteiger partial charge in [0.25, 0.3) is 0 Å². The Labute approximate surface area is 163 Å². The molecular formula is C20H27F2N3O3. The highest BCUT2D eigenvalue weighted by Crippen LogP contribution is 2.13. The van der Waals surface area contributed by atoms with Gasteiger partial charge in [-0.05, 0) is 57.0 Å². The molecule has 6 nitrogen and oxygen atoms in total. The van der Waals surface area contributed by atoms with Crippen molar-refractivity contribution >= 4 is 6.09 Å². The van der Waals surface area contributed by atoms with E-state index in [-0.39, 0.29) is 13.0 Å². The molecule has 0 unspecified atom stereocenters. The predicted octanol–water partition coefficient (Wildman–Crippen LogP) is 2.88. The minimum atomic E-state index is -1.01. The zero-order valence-electron chi connectivity index (χ0n) is 16.3. The summed E-state index contributed by atoms with van der Waals surface area (Å²) in [6.07, 6.45) is 0.115. The monoisotopic (exact) mass is 395 g/mol. The summed E-state index contributed by atoms with van der Waals surface area (Å²) < 4.78 is 32.2. The van der Waals surface area contributed by atoms with E-state index in [4.69, 9.17) is 4.74 Å². The standard InChI is InChI=1S/C20H27F2N3O3/c1-20(2,3)28-19(27)25-17(9-13-7-14(21)10-15(22)8-13)18(26)12-23-11-16-5-4-6-24-16/h4-8,10,17-18,23-24,26H,9,11-12H2,1-3H3,(H,25,27)/t17-,18+/m0/s1. The Kier molecular flexibility index (Phi) is 7.53. The molecular weight excluding hydrogens is 368 g/mol. The number of aromatic nitrogens is 1. The molecule has 1 aromatic heterocycles. The van der Waals surface area contributed by atoms with Crippen molar-refractivity contribution in [3.8, 4) is 0 Å². The Morgan fingerprint density at radius 1 is 1.25 bits per heavy atom. The van der Waals surface area contributed by atoms with Crippen LogP contribution < -0.4 is 10.6 Å². The van der Waals surface area contributed by atoms with Crippen LogP contribution in [-0.2, 0) is 17.7 Å². The van der Waals surface area contributed by atoms with E-state index in [9.17, 15) is 18.7 Å². The number of aliphatic hydroxyl groups excluding tert-OH is 1. The van der Waals surface area contributed by atoms with Crippen LogP contribution >= 0.6 is 0 Å². The highest BCUT2D eigenvalue weighted by atomic mass is 19.1. The molecule has 0 radical (unpaired) electrons. The van der Waals surface area contributed by atoms with E-state index in [1.165, 1.54) is 12.1 Å². The van der Waals surface area contributed by atoms with Crippen molar-refractivity contribution in [3.05, 3.63) is 59.4 Å². The Morgan fingerprint density at radius 2 is 1.93 bits per heavy atom. The maximum Gasteiger partial charge on any atom is 0.407 e. The number of halogens is 2. The van der Waals surface area contributed by atoms with E-state index in [0.29, 0.717) is 12.1 Å². The Morgan fingerprint density at radius 3 is 2.50 bits per heavy atom. The van der Waals surface area contributed by atoms with Gasteiger partial charge in [-0.15, -0.1) is 0 Å². The number of carbonyl (C=O) groups excluding carboxylic acids is 1. The first-order valence-corrected chi connectivity index (χ1v) is 9.08. The summed E-state index contributed by atoms with van der Waals surface area (Å²) in [7, 11) is 0. The van der Waals surface area contributed by atoms with E-state index in [0.717, 1.165) is 11.8 Å². The molecule has 1 heterocycles. The SMILES string of the molecule is CC(C)(C)OC(=O)N[C@@H](Cc1cc(F)cc(F)c1)[C@H](O)CNCc1ccc[nH]1. The molecule has 2 rings (SSSR count). The molecule has 0 bridgehead atoms.